The fourth-order valence-electron chi connectivity index (χ4n) is 1.31. The molecule has 0 aliphatic heterocycles. The van der Waals surface area contributed by atoms with Crippen LogP contribution in [0.5, 0.6) is 0 Å². The van der Waals surface area contributed by atoms with Gasteiger partial charge < -0.3 is 5.73 Å². The number of nitro benzene ring substituents is 1. The molecule has 1 aromatic rings. The van der Waals surface area contributed by atoms with Crippen molar-refractivity contribution in [1.82, 2.24) is 0 Å². The number of benzene rings is 1. The summed E-state index contributed by atoms with van der Waals surface area (Å²) in [5.74, 6) is -0.745. The van der Waals surface area contributed by atoms with E-state index < -0.39 is 35.3 Å². The minimum Gasteiger partial charge on any atom is -0.324 e. The molecule has 1 rings (SSSR count). The Labute approximate surface area is 101 Å². The Morgan fingerprint density at radius 3 is 2.47 bits per heavy atom. The van der Waals surface area contributed by atoms with E-state index >= 15 is 0 Å². The first-order valence-electron chi connectivity index (χ1n) is 4.39. The summed E-state index contributed by atoms with van der Waals surface area (Å²) in [4.78, 5) is 9.79. The van der Waals surface area contributed by atoms with Gasteiger partial charge in [-0.1, -0.05) is 0 Å². The standard InChI is InChI=1S/C9H9F3N2O2.ClH/c10-5-1-2-8(14(15)16)6(3-5)7(13)4-9(11)12;/h1-3,7,9H,4,13H2;1H/t7-;/m0./s1. The second-order valence-corrected chi connectivity index (χ2v) is 3.19. The van der Waals surface area contributed by atoms with Gasteiger partial charge in [0.15, 0.2) is 0 Å². The quantitative estimate of drug-likeness (QED) is 0.675. The first kappa shape index (κ1) is 15.7. The minimum absolute atomic E-state index is 0. The van der Waals surface area contributed by atoms with Crippen molar-refractivity contribution in [1.29, 1.82) is 0 Å². The predicted octanol–water partition coefficient (Wildman–Crippen LogP) is 2.81. The van der Waals surface area contributed by atoms with Crippen LogP contribution < -0.4 is 5.73 Å². The summed E-state index contributed by atoms with van der Waals surface area (Å²) >= 11 is 0. The van der Waals surface area contributed by atoms with E-state index in [4.69, 9.17) is 5.73 Å². The lowest BCUT2D eigenvalue weighted by Crippen LogP contribution is -2.15. The van der Waals surface area contributed by atoms with E-state index in [0.29, 0.717) is 0 Å². The average Bonchev–Trinajstić information content (AvgIpc) is 2.15. The molecule has 0 aliphatic rings. The zero-order valence-electron chi connectivity index (χ0n) is 8.48. The van der Waals surface area contributed by atoms with Gasteiger partial charge in [-0.2, -0.15) is 0 Å². The summed E-state index contributed by atoms with van der Waals surface area (Å²) in [5.41, 5.74) is 4.69. The zero-order valence-corrected chi connectivity index (χ0v) is 9.29. The number of nitrogens with zero attached hydrogens (tertiary/aromatic N) is 1. The summed E-state index contributed by atoms with van der Waals surface area (Å²) in [6.45, 7) is 0. The maximum absolute atomic E-state index is 12.8. The molecule has 1 aromatic carbocycles. The number of halogens is 4. The first-order chi connectivity index (χ1) is 7.41. The lowest BCUT2D eigenvalue weighted by molar-refractivity contribution is -0.385. The molecule has 0 fully saturated rings. The largest absolute Gasteiger partial charge is 0.324 e. The molecule has 4 nitrogen and oxygen atoms in total. The Balaban J connectivity index is 0.00000256. The van der Waals surface area contributed by atoms with Gasteiger partial charge in [0, 0.05) is 24.1 Å². The number of nitrogens with two attached hydrogens (primary N) is 1. The van der Waals surface area contributed by atoms with Crippen molar-refractivity contribution in [3.8, 4) is 0 Å². The highest BCUT2D eigenvalue weighted by Gasteiger charge is 2.22. The van der Waals surface area contributed by atoms with Crippen LogP contribution in [-0.4, -0.2) is 11.3 Å². The topological polar surface area (TPSA) is 69.2 Å². The van der Waals surface area contributed by atoms with E-state index in [-0.39, 0.29) is 18.0 Å². The average molecular weight is 271 g/mol. The van der Waals surface area contributed by atoms with Crippen molar-refractivity contribution in [2.75, 3.05) is 0 Å². The van der Waals surface area contributed by atoms with Crippen LogP contribution >= 0.6 is 12.4 Å². The minimum atomic E-state index is -2.70. The molecular formula is C9H10ClF3N2O2. The van der Waals surface area contributed by atoms with Crippen molar-refractivity contribution < 1.29 is 18.1 Å². The number of rotatable bonds is 4. The molecule has 0 heterocycles. The molecule has 0 amide bonds. The van der Waals surface area contributed by atoms with Crippen molar-refractivity contribution in [3.63, 3.8) is 0 Å². The van der Waals surface area contributed by atoms with Gasteiger partial charge in [-0.3, -0.25) is 10.1 Å². The molecule has 8 heteroatoms. The van der Waals surface area contributed by atoms with Crippen LogP contribution in [0.1, 0.15) is 18.0 Å². The summed E-state index contributed by atoms with van der Waals surface area (Å²) in [6.07, 6.45) is -3.44. The van der Waals surface area contributed by atoms with Gasteiger partial charge in [0.1, 0.15) is 5.82 Å². The molecule has 17 heavy (non-hydrogen) atoms. The zero-order chi connectivity index (χ0) is 12.3. The van der Waals surface area contributed by atoms with E-state index in [1.165, 1.54) is 0 Å². The van der Waals surface area contributed by atoms with Gasteiger partial charge in [0.2, 0.25) is 6.43 Å². The van der Waals surface area contributed by atoms with Gasteiger partial charge in [-0.05, 0) is 12.1 Å². The molecule has 0 bridgehead atoms. The van der Waals surface area contributed by atoms with Crippen LogP contribution in [0.3, 0.4) is 0 Å². The van der Waals surface area contributed by atoms with E-state index in [1.54, 1.807) is 0 Å². The smallest absolute Gasteiger partial charge is 0.274 e. The van der Waals surface area contributed by atoms with Gasteiger partial charge >= 0.3 is 0 Å². The molecule has 1 atom stereocenters. The molecule has 0 saturated heterocycles. The van der Waals surface area contributed by atoms with Crippen molar-refractivity contribution >= 4 is 18.1 Å². The third-order valence-electron chi connectivity index (χ3n) is 2.02. The van der Waals surface area contributed by atoms with Crippen LogP contribution in [0.15, 0.2) is 18.2 Å². The van der Waals surface area contributed by atoms with Crippen molar-refractivity contribution in [3.05, 3.63) is 39.7 Å². The predicted molar refractivity (Wildman–Crippen MR) is 57.9 cm³/mol. The number of hydrogen-bond donors (Lipinski definition) is 1. The summed E-state index contributed by atoms with van der Waals surface area (Å²) in [7, 11) is 0. The Hall–Kier alpha value is -1.34. The van der Waals surface area contributed by atoms with Crippen LogP contribution in [0, 0.1) is 15.9 Å². The maximum atomic E-state index is 12.8. The lowest BCUT2D eigenvalue weighted by Gasteiger charge is -2.11. The van der Waals surface area contributed by atoms with Gasteiger partial charge in [-0.15, -0.1) is 12.4 Å². The fraction of sp³-hybridized carbons (Fsp3) is 0.333. The molecular weight excluding hydrogens is 261 g/mol. The third-order valence-corrected chi connectivity index (χ3v) is 2.02. The summed E-state index contributed by atoms with van der Waals surface area (Å²) in [6, 6.07) is 1.36. The number of alkyl halides is 2. The van der Waals surface area contributed by atoms with Gasteiger partial charge in [0.25, 0.3) is 5.69 Å². The second-order valence-electron chi connectivity index (χ2n) is 3.19. The Kier molecular flexibility index (Phi) is 5.90. The Morgan fingerprint density at radius 2 is 2.00 bits per heavy atom. The highest BCUT2D eigenvalue weighted by molar-refractivity contribution is 5.85. The van der Waals surface area contributed by atoms with E-state index in [9.17, 15) is 23.3 Å². The lowest BCUT2D eigenvalue weighted by atomic mass is 10.0. The van der Waals surface area contributed by atoms with Gasteiger partial charge in [0.05, 0.1) is 4.92 Å². The molecule has 0 unspecified atom stereocenters. The summed E-state index contributed by atoms with van der Waals surface area (Å²) < 4.78 is 37.0. The molecule has 0 aliphatic carbocycles. The van der Waals surface area contributed by atoms with E-state index in [0.717, 1.165) is 18.2 Å². The molecule has 2 N–H and O–H groups in total. The van der Waals surface area contributed by atoms with Crippen LogP contribution in [0.25, 0.3) is 0 Å². The molecule has 0 aromatic heterocycles. The van der Waals surface area contributed by atoms with Crippen LogP contribution in [0.2, 0.25) is 0 Å². The first-order valence-corrected chi connectivity index (χ1v) is 4.39. The van der Waals surface area contributed by atoms with Crippen LogP contribution in [-0.2, 0) is 0 Å². The normalized spacial score (nSPS) is 12.1. The molecule has 0 saturated carbocycles. The number of nitro groups is 1. The molecule has 96 valence electrons. The Morgan fingerprint density at radius 1 is 1.41 bits per heavy atom. The molecule has 0 spiro atoms. The van der Waals surface area contributed by atoms with E-state index in [2.05, 4.69) is 0 Å². The third kappa shape index (κ3) is 4.20. The molecule has 0 radical (unpaired) electrons. The van der Waals surface area contributed by atoms with Crippen molar-refractivity contribution in [2.45, 2.75) is 18.9 Å². The van der Waals surface area contributed by atoms with E-state index in [1.807, 2.05) is 0 Å². The number of hydrogen-bond acceptors (Lipinski definition) is 3. The fourth-order valence-corrected chi connectivity index (χ4v) is 1.31. The monoisotopic (exact) mass is 270 g/mol. The highest BCUT2D eigenvalue weighted by atomic mass is 35.5. The maximum Gasteiger partial charge on any atom is 0.274 e. The Bertz CT molecular complexity index is 404. The van der Waals surface area contributed by atoms with Crippen LogP contribution in [0.4, 0.5) is 18.9 Å². The second kappa shape index (κ2) is 6.41. The highest BCUT2D eigenvalue weighted by Crippen LogP contribution is 2.27. The van der Waals surface area contributed by atoms with Crippen molar-refractivity contribution in [2.24, 2.45) is 5.73 Å². The van der Waals surface area contributed by atoms with Gasteiger partial charge in [-0.25, -0.2) is 13.2 Å². The summed E-state index contributed by atoms with van der Waals surface area (Å²) in [5, 5.41) is 10.6. The SMILES string of the molecule is Cl.N[C@@H](CC(F)F)c1cc(F)ccc1[N+](=O)[O-].